The second-order valence-corrected chi connectivity index (χ2v) is 5.89. The van der Waals surface area contributed by atoms with Crippen LogP contribution in [-0.2, 0) is 0 Å². The van der Waals surface area contributed by atoms with E-state index >= 15 is 0 Å². The van der Waals surface area contributed by atoms with Gasteiger partial charge in [0.25, 0.3) is 5.91 Å². The van der Waals surface area contributed by atoms with E-state index < -0.39 is 0 Å². The van der Waals surface area contributed by atoms with Gasteiger partial charge in [0.05, 0.1) is 11.0 Å². The van der Waals surface area contributed by atoms with Crippen LogP contribution in [0.2, 0.25) is 0 Å². The molecule has 1 aliphatic rings. The molecule has 2 aromatic rings. The maximum atomic E-state index is 12.6. The molecule has 6 heteroatoms. The van der Waals surface area contributed by atoms with Crippen molar-refractivity contribution in [2.75, 3.05) is 26.7 Å². The highest BCUT2D eigenvalue weighted by molar-refractivity contribution is 5.97. The summed E-state index contributed by atoms with van der Waals surface area (Å²) in [5, 5.41) is 3.20. The number of fused-ring (bicyclic) bond motifs is 1. The van der Waals surface area contributed by atoms with Gasteiger partial charge < -0.3 is 10.2 Å². The Balaban J connectivity index is 0.00000192. The van der Waals surface area contributed by atoms with Crippen molar-refractivity contribution in [1.29, 1.82) is 0 Å². The van der Waals surface area contributed by atoms with E-state index in [0.29, 0.717) is 5.56 Å². The van der Waals surface area contributed by atoms with Crippen LogP contribution in [0.4, 0.5) is 0 Å². The highest BCUT2D eigenvalue weighted by atomic mass is 35.5. The largest absolute Gasteiger partial charge is 0.339 e. The molecule has 1 N–H and O–H groups in total. The van der Waals surface area contributed by atoms with E-state index in [0.717, 1.165) is 49.4 Å². The van der Waals surface area contributed by atoms with Gasteiger partial charge in [-0.2, -0.15) is 0 Å². The number of halogens is 1. The van der Waals surface area contributed by atoms with E-state index in [1.165, 1.54) is 6.42 Å². The third-order valence-electron chi connectivity index (χ3n) is 4.42. The summed E-state index contributed by atoms with van der Waals surface area (Å²) in [5.41, 5.74) is 2.31. The summed E-state index contributed by atoms with van der Waals surface area (Å²) in [5.74, 6) is 0.846. The first-order valence-electron chi connectivity index (χ1n) is 7.92. The molecule has 1 aromatic carbocycles. The molecule has 1 saturated heterocycles. The van der Waals surface area contributed by atoms with E-state index in [1.54, 1.807) is 12.4 Å². The predicted octanol–water partition coefficient (Wildman–Crippen LogP) is 2.51. The summed E-state index contributed by atoms with van der Waals surface area (Å²) >= 11 is 0. The molecule has 2 heterocycles. The molecule has 0 bridgehead atoms. The van der Waals surface area contributed by atoms with Gasteiger partial charge in [-0.3, -0.25) is 14.8 Å². The van der Waals surface area contributed by atoms with Crippen LogP contribution in [0, 0.1) is 5.92 Å². The smallest absolute Gasteiger partial charge is 0.253 e. The zero-order valence-corrected chi connectivity index (χ0v) is 14.2. The van der Waals surface area contributed by atoms with Gasteiger partial charge in [-0.1, -0.05) is 0 Å². The third-order valence-corrected chi connectivity index (χ3v) is 4.42. The Bertz CT molecular complexity index is 656. The molecule has 1 aromatic heterocycles. The standard InChI is InChI=1S/C17H22N4O.ClH/c1-18-7-4-13-5-10-21(11-6-13)17(22)14-2-3-15-16(12-14)20-9-8-19-15;/h2-3,8-9,12-13,18H,4-7,10-11H2,1H3;1H. The normalized spacial score (nSPS) is 15.4. The number of aromatic nitrogens is 2. The Kier molecular flexibility index (Phi) is 6.30. The minimum Gasteiger partial charge on any atom is -0.339 e. The molecule has 124 valence electrons. The third kappa shape index (κ3) is 4.18. The van der Waals surface area contributed by atoms with Crippen LogP contribution in [-0.4, -0.2) is 47.5 Å². The maximum absolute atomic E-state index is 12.6. The number of nitrogens with zero attached hydrogens (tertiary/aromatic N) is 3. The average Bonchev–Trinajstić information content (AvgIpc) is 2.59. The van der Waals surface area contributed by atoms with Crippen LogP contribution in [0.5, 0.6) is 0 Å². The Morgan fingerprint density at radius 3 is 2.61 bits per heavy atom. The van der Waals surface area contributed by atoms with Gasteiger partial charge in [-0.05, 0) is 57.0 Å². The van der Waals surface area contributed by atoms with Crippen LogP contribution >= 0.6 is 12.4 Å². The molecule has 1 amide bonds. The van der Waals surface area contributed by atoms with Gasteiger partial charge in [0.1, 0.15) is 0 Å². The lowest BCUT2D eigenvalue weighted by Gasteiger charge is -2.32. The number of rotatable bonds is 4. The molecule has 1 fully saturated rings. The molecule has 0 atom stereocenters. The fraction of sp³-hybridized carbons (Fsp3) is 0.471. The number of carbonyl (C=O) groups excluding carboxylic acids is 1. The SMILES string of the molecule is CNCCC1CCN(C(=O)c2ccc3nccnc3c2)CC1.Cl. The van der Waals surface area contributed by atoms with Crippen molar-refractivity contribution in [3.8, 4) is 0 Å². The minimum atomic E-state index is 0. The number of nitrogens with one attached hydrogen (secondary N) is 1. The highest BCUT2D eigenvalue weighted by Crippen LogP contribution is 2.22. The van der Waals surface area contributed by atoms with Crippen molar-refractivity contribution in [3.05, 3.63) is 36.2 Å². The number of hydrogen-bond donors (Lipinski definition) is 1. The lowest BCUT2D eigenvalue weighted by Crippen LogP contribution is -2.38. The number of likely N-dealkylation sites (tertiary alicyclic amines) is 1. The van der Waals surface area contributed by atoms with Crippen molar-refractivity contribution in [1.82, 2.24) is 20.2 Å². The lowest BCUT2D eigenvalue weighted by molar-refractivity contribution is 0.0687. The van der Waals surface area contributed by atoms with Gasteiger partial charge in [-0.15, -0.1) is 12.4 Å². The number of benzene rings is 1. The molecule has 1 aliphatic heterocycles. The molecule has 23 heavy (non-hydrogen) atoms. The van der Waals surface area contributed by atoms with Gasteiger partial charge in [0.2, 0.25) is 0 Å². The maximum Gasteiger partial charge on any atom is 0.253 e. The molecule has 0 radical (unpaired) electrons. The summed E-state index contributed by atoms with van der Waals surface area (Å²) in [6.45, 7) is 2.76. The first-order chi connectivity index (χ1) is 10.8. The van der Waals surface area contributed by atoms with Gasteiger partial charge in [0, 0.05) is 31.0 Å². The van der Waals surface area contributed by atoms with Crippen molar-refractivity contribution < 1.29 is 4.79 Å². The Morgan fingerprint density at radius 2 is 1.91 bits per heavy atom. The minimum absolute atomic E-state index is 0. The molecular formula is C17H23ClN4O. The quantitative estimate of drug-likeness (QED) is 0.933. The van der Waals surface area contributed by atoms with Gasteiger partial charge in [-0.25, -0.2) is 0 Å². The summed E-state index contributed by atoms with van der Waals surface area (Å²) < 4.78 is 0. The van der Waals surface area contributed by atoms with E-state index in [9.17, 15) is 4.79 Å². The Labute approximate surface area is 142 Å². The second-order valence-electron chi connectivity index (χ2n) is 5.89. The summed E-state index contributed by atoms with van der Waals surface area (Å²) in [6.07, 6.45) is 6.72. The summed E-state index contributed by atoms with van der Waals surface area (Å²) in [6, 6.07) is 5.57. The molecule has 0 aliphatic carbocycles. The predicted molar refractivity (Wildman–Crippen MR) is 94.0 cm³/mol. The molecule has 5 nitrogen and oxygen atoms in total. The number of piperidine rings is 1. The van der Waals surface area contributed by atoms with Crippen molar-refractivity contribution in [2.24, 2.45) is 5.92 Å². The highest BCUT2D eigenvalue weighted by Gasteiger charge is 2.23. The average molecular weight is 335 g/mol. The van der Waals surface area contributed by atoms with Gasteiger partial charge in [0.15, 0.2) is 0 Å². The molecule has 0 spiro atoms. The fourth-order valence-electron chi connectivity index (χ4n) is 3.05. The van der Waals surface area contributed by atoms with Crippen LogP contribution in [0.3, 0.4) is 0 Å². The lowest BCUT2D eigenvalue weighted by atomic mass is 9.93. The van der Waals surface area contributed by atoms with Crippen LogP contribution < -0.4 is 5.32 Å². The first kappa shape index (κ1) is 17.6. The topological polar surface area (TPSA) is 58.1 Å². The molecule has 3 rings (SSSR count). The van der Waals surface area contributed by atoms with E-state index in [2.05, 4.69) is 15.3 Å². The fourth-order valence-corrected chi connectivity index (χ4v) is 3.05. The zero-order valence-electron chi connectivity index (χ0n) is 13.4. The summed E-state index contributed by atoms with van der Waals surface area (Å²) in [4.78, 5) is 23.1. The van der Waals surface area contributed by atoms with Crippen molar-refractivity contribution in [3.63, 3.8) is 0 Å². The Morgan fingerprint density at radius 1 is 1.22 bits per heavy atom. The number of hydrogen-bond acceptors (Lipinski definition) is 4. The second kappa shape index (κ2) is 8.22. The molecule has 0 unspecified atom stereocenters. The molecule has 0 saturated carbocycles. The summed E-state index contributed by atoms with van der Waals surface area (Å²) in [7, 11) is 1.99. The monoisotopic (exact) mass is 334 g/mol. The Hall–Kier alpha value is -1.72. The van der Waals surface area contributed by atoms with Crippen LogP contribution in [0.25, 0.3) is 11.0 Å². The van der Waals surface area contributed by atoms with Crippen molar-refractivity contribution >= 4 is 29.3 Å². The van der Waals surface area contributed by atoms with E-state index in [-0.39, 0.29) is 18.3 Å². The van der Waals surface area contributed by atoms with E-state index in [1.807, 2.05) is 30.1 Å². The molecular weight excluding hydrogens is 312 g/mol. The van der Waals surface area contributed by atoms with Crippen LogP contribution in [0.15, 0.2) is 30.6 Å². The van der Waals surface area contributed by atoms with E-state index in [4.69, 9.17) is 0 Å². The van der Waals surface area contributed by atoms with Gasteiger partial charge >= 0.3 is 0 Å². The zero-order chi connectivity index (χ0) is 15.4. The first-order valence-corrected chi connectivity index (χ1v) is 7.92. The van der Waals surface area contributed by atoms with Crippen molar-refractivity contribution in [2.45, 2.75) is 19.3 Å². The number of carbonyl (C=O) groups is 1. The number of amides is 1. The van der Waals surface area contributed by atoms with Crippen LogP contribution in [0.1, 0.15) is 29.6 Å².